The lowest BCUT2D eigenvalue weighted by molar-refractivity contribution is -0.0284. The SMILES string of the molecule is CCCNc1nc2cc(Cl)c(Cl)cc2n1[C@@H]1O[C@H](C)[C@@H](O)[C@H]1O. The quantitative estimate of drug-likeness (QED) is 0.782. The minimum Gasteiger partial charge on any atom is -0.388 e. The Morgan fingerprint density at radius 3 is 2.57 bits per heavy atom. The van der Waals surface area contributed by atoms with Gasteiger partial charge in [0.15, 0.2) is 6.23 Å². The number of imidazole rings is 1. The maximum atomic E-state index is 10.3. The highest BCUT2D eigenvalue weighted by molar-refractivity contribution is 6.42. The molecule has 126 valence electrons. The molecule has 0 saturated carbocycles. The topological polar surface area (TPSA) is 79.5 Å². The lowest BCUT2D eigenvalue weighted by Gasteiger charge is -2.20. The van der Waals surface area contributed by atoms with Crippen LogP contribution in [-0.2, 0) is 4.74 Å². The zero-order chi connectivity index (χ0) is 16.7. The smallest absolute Gasteiger partial charge is 0.206 e. The summed E-state index contributed by atoms with van der Waals surface area (Å²) >= 11 is 12.2. The fraction of sp³-hybridized carbons (Fsp3) is 0.533. The molecule has 0 aliphatic carbocycles. The summed E-state index contributed by atoms with van der Waals surface area (Å²) in [6.07, 6.45) is -2.33. The van der Waals surface area contributed by atoms with Gasteiger partial charge in [0.2, 0.25) is 5.95 Å². The predicted octanol–water partition coefficient (Wildman–Crippen LogP) is 2.80. The number of benzene rings is 1. The molecule has 1 fully saturated rings. The summed E-state index contributed by atoms with van der Waals surface area (Å²) in [5, 5.41) is 24.3. The third-order valence-corrected chi connectivity index (χ3v) is 4.72. The molecule has 23 heavy (non-hydrogen) atoms. The largest absolute Gasteiger partial charge is 0.388 e. The van der Waals surface area contributed by atoms with Gasteiger partial charge < -0.3 is 20.3 Å². The number of fused-ring (bicyclic) bond motifs is 1. The van der Waals surface area contributed by atoms with Gasteiger partial charge in [-0.15, -0.1) is 0 Å². The molecule has 8 heteroatoms. The van der Waals surface area contributed by atoms with Gasteiger partial charge in [-0.1, -0.05) is 30.1 Å². The van der Waals surface area contributed by atoms with E-state index >= 15 is 0 Å². The first-order valence-corrected chi connectivity index (χ1v) is 8.32. The van der Waals surface area contributed by atoms with Crippen LogP contribution in [-0.4, -0.2) is 44.6 Å². The highest BCUT2D eigenvalue weighted by Crippen LogP contribution is 2.37. The summed E-state index contributed by atoms with van der Waals surface area (Å²) in [5.74, 6) is 0.547. The van der Waals surface area contributed by atoms with Crippen LogP contribution < -0.4 is 5.32 Å². The van der Waals surface area contributed by atoms with Gasteiger partial charge in [-0.25, -0.2) is 4.98 Å². The van der Waals surface area contributed by atoms with E-state index in [-0.39, 0.29) is 0 Å². The van der Waals surface area contributed by atoms with Gasteiger partial charge in [0.25, 0.3) is 0 Å². The van der Waals surface area contributed by atoms with Gasteiger partial charge in [-0.05, 0) is 25.5 Å². The number of hydrogen-bond acceptors (Lipinski definition) is 5. The first-order valence-electron chi connectivity index (χ1n) is 7.56. The van der Waals surface area contributed by atoms with E-state index in [1.165, 1.54) is 0 Å². The molecular weight excluding hydrogens is 341 g/mol. The highest BCUT2D eigenvalue weighted by Gasteiger charge is 2.42. The summed E-state index contributed by atoms with van der Waals surface area (Å²) in [5.41, 5.74) is 1.33. The Hall–Kier alpha value is -1.05. The second-order valence-corrected chi connectivity index (χ2v) is 6.51. The van der Waals surface area contributed by atoms with E-state index in [0.29, 0.717) is 33.6 Å². The van der Waals surface area contributed by atoms with Crippen molar-refractivity contribution in [3.63, 3.8) is 0 Å². The molecule has 1 aromatic carbocycles. The molecule has 2 aromatic rings. The van der Waals surface area contributed by atoms with Crippen molar-refractivity contribution < 1.29 is 14.9 Å². The summed E-state index contributed by atoms with van der Waals surface area (Å²) in [7, 11) is 0. The molecule has 4 atom stereocenters. The Morgan fingerprint density at radius 1 is 1.26 bits per heavy atom. The molecule has 0 spiro atoms. The molecule has 3 N–H and O–H groups in total. The van der Waals surface area contributed by atoms with E-state index in [2.05, 4.69) is 10.3 Å². The van der Waals surface area contributed by atoms with Crippen molar-refractivity contribution in [2.45, 2.75) is 44.8 Å². The van der Waals surface area contributed by atoms with Gasteiger partial charge in [-0.2, -0.15) is 0 Å². The number of rotatable bonds is 4. The van der Waals surface area contributed by atoms with Crippen LogP contribution in [0, 0.1) is 0 Å². The van der Waals surface area contributed by atoms with Crippen LogP contribution in [0.1, 0.15) is 26.5 Å². The average Bonchev–Trinajstić information content (AvgIpc) is 2.97. The van der Waals surface area contributed by atoms with Crippen LogP contribution >= 0.6 is 23.2 Å². The van der Waals surface area contributed by atoms with Gasteiger partial charge >= 0.3 is 0 Å². The molecule has 0 unspecified atom stereocenters. The van der Waals surface area contributed by atoms with Crippen LogP contribution in [0.2, 0.25) is 10.0 Å². The number of nitrogens with one attached hydrogen (secondary N) is 1. The summed E-state index contributed by atoms with van der Waals surface area (Å²) in [6, 6.07) is 3.36. The molecule has 6 nitrogen and oxygen atoms in total. The van der Waals surface area contributed by atoms with Gasteiger partial charge in [-0.3, -0.25) is 4.57 Å². The van der Waals surface area contributed by atoms with Crippen LogP contribution in [0.3, 0.4) is 0 Å². The van der Waals surface area contributed by atoms with Crippen molar-refractivity contribution in [2.75, 3.05) is 11.9 Å². The van der Waals surface area contributed by atoms with E-state index < -0.39 is 24.5 Å². The molecule has 2 heterocycles. The second kappa shape index (κ2) is 6.45. The highest BCUT2D eigenvalue weighted by atomic mass is 35.5. The number of nitrogens with zero attached hydrogens (tertiary/aromatic N) is 2. The molecule has 0 amide bonds. The maximum Gasteiger partial charge on any atom is 0.206 e. The van der Waals surface area contributed by atoms with Crippen LogP contribution in [0.5, 0.6) is 0 Å². The molecular formula is C15H19Cl2N3O3. The summed E-state index contributed by atoms with van der Waals surface area (Å²) in [4.78, 5) is 4.52. The lowest BCUT2D eigenvalue weighted by atomic mass is 10.1. The van der Waals surface area contributed by atoms with E-state index in [1.54, 1.807) is 23.6 Å². The van der Waals surface area contributed by atoms with Crippen molar-refractivity contribution in [1.29, 1.82) is 0 Å². The number of anilines is 1. The maximum absolute atomic E-state index is 10.3. The van der Waals surface area contributed by atoms with Gasteiger partial charge in [0.1, 0.15) is 12.2 Å². The van der Waals surface area contributed by atoms with Crippen molar-refractivity contribution >= 4 is 40.2 Å². The number of aliphatic hydroxyl groups excluding tert-OH is 2. The van der Waals surface area contributed by atoms with Gasteiger partial charge in [0.05, 0.1) is 27.2 Å². The summed E-state index contributed by atoms with van der Waals surface area (Å²) < 4.78 is 7.46. The van der Waals surface area contributed by atoms with Crippen LogP contribution in [0.4, 0.5) is 5.95 Å². The van der Waals surface area contributed by atoms with E-state index in [9.17, 15) is 10.2 Å². The third-order valence-electron chi connectivity index (χ3n) is 4.00. The molecule has 1 aromatic heterocycles. The normalized spacial score (nSPS) is 27.7. The first-order chi connectivity index (χ1) is 10.9. The lowest BCUT2D eigenvalue weighted by Crippen LogP contribution is -2.30. The van der Waals surface area contributed by atoms with E-state index in [1.807, 2.05) is 6.92 Å². The molecule has 0 bridgehead atoms. The number of aliphatic hydroxyl groups is 2. The van der Waals surface area contributed by atoms with Crippen LogP contribution in [0.15, 0.2) is 12.1 Å². The zero-order valence-electron chi connectivity index (χ0n) is 12.8. The van der Waals surface area contributed by atoms with Gasteiger partial charge in [0, 0.05) is 6.54 Å². The fourth-order valence-electron chi connectivity index (χ4n) is 2.75. The van der Waals surface area contributed by atoms with Crippen LogP contribution in [0.25, 0.3) is 11.0 Å². The number of aromatic nitrogens is 2. The monoisotopic (exact) mass is 359 g/mol. The van der Waals surface area contributed by atoms with E-state index in [4.69, 9.17) is 27.9 Å². The molecule has 1 aliphatic heterocycles. The zero-order valence-corrected chi connectivity index (χ0v) is 14.3. The average molecular weight is 360 g/mol. The number of ether oxygens (including phenoxy) is 1. The molecule has 3 rings (SSSR count). The Balaban J connectivity index is 2.14. The summed E-state index contributed by atoms with van der Waals surface area (Å²) in [6.45, 7) is 4.47. The second-order valence-electron chi connectivity index (χ2n) is 5.70. The number of halogens is 2. The minimum absolute atomic E-state index is 0.392. The number of hydrogen-bond donors (Lipinski definition) is 3. The van der Waals surface area contributed by atoms with E-state index in [0.717, 1.165) is 6.42 Å². The third kappa shape index (κ3) is 2.90. The standard InChI is InChI=1S/C15H19Cl2N3O3/c1-3-4-18-15-19-10-5-8(16)9(17)6-11(10)20(15)14-13(22)12(21)7(2)23-14/h5-7,12-14,21-22H,3-4H2,1-2H3,(H,18,19)/t7-,12-,13-,14-/m1/s1. The Labute approximate surface area is 144 Å². The predicted molar refractivity (Wildman–Crippen MR) is 90.1 cm³/mol. The minimum atomic E-state index is -1.06. The van der Waals surface area contributed by atoms with Crippen molar-refractivity contribution in [3.05, 3.63) is 22.2 Å². The molecule has 1 aliphatic rings. The fourth-order valence-corrected chi connectivity index (χ4v) is 3.07. The van der Waals surface area contributed by atoms with Crippen molar-refractivity contribution in [3.8, 4) is 0 Å². The Kier molecular flexibility index (Phi) is 4.71. The van der Waals surface area contributed by atoms with Crippen molar-refractivity contribution in [1.82, 2.24) is 9.55 Å². The first kappa shape index (κ1) is 16.8. The molecule has 1 saturated heterocycles. The Morgan fingerprint density at radius 2 is 1.96 bits per heavy atom. The van der Waals surface area contributed by atoms with Crippen molar-refractivity contribution in [2.24, 2.45) is 0 Å². The Bertz CT molecular complexity index is 722. The molecule has 0 radical (unpaired) electrons.